The van der Waals surface area contributed by atoms with Gasteiger partial charge >= 0.3 is 0 Å². The molecule has 15 heavy (non-hydrogen) atoms. The smallest absolute Gasteiger partial charge is 0.125 e. The predicted molar refractivity (Wildman–Crippen MR) is 54.1 cm³/mol. The van der Waals surface area contributed by atoms with Crippen LogP contribution in [0.1, 0.15) is 19.3 Å². The first-order valence-electron chi connectivity index (χ1n) is 5.47. The van der Waals surface area contributed by atoms with E-state index < -0.39 is 0 Å². The average molecular weight is 209 g/mol. The summed E-state index contributed by atoms with van der Waals surface area (Å²) in [5.41, 5.74) is 0.738. The number of oxime groups is 1. The van der Waals surface area contributed by atoms with Crippen LogP contribution in [0.15, 0.2) is 17.3 Å². The van der Waals surface area contributed by atoms with Crippen LogP contribution in [0.5, 0.6) is 0 Å². The van der Waals surface area contributed by atoms with Gasteiger partial charge in [0, 0.05) is 18.9 Å². The summed E-state index contributed by atoms with van der Waals surface area (Å²) in [4.78, 5) is 0. The van der Waals surface area contributed by atoms with Gasteiger partial charge in [-0.05, 0) is 12.8 Å². The van der Waals surface area contributed by atoms with Gasteiger partial charge in [0.15, 0.2) is 0 Å². The highest BCUT2D eigenvalue weighted by atomic mass is 16.6. The zero-order valence-electron chi connectivity index (χ0n) is 8.56. The fourth-order valence-corrected chi connectivity index (χ4v) is 2.71. The number of hydrogen-bond acceptors (Lipinski definition) is 4. The van der Waals surface area contributed by atoms with Crippen LogP contribution in [0.4, 0.5) is 0 Å². The number of fused-ring (bicyclic) bond motifs is 1. The van der Waals surface area contributed by atoms with Crippen molar-refractivity contribution in [3.05, 3.63) is 12.2 Å². The highest BCUT2D eigenvalue weighted by molar-refractivity contribution is 5.86. The van der Waals surface area contributed by atoms with Gasteiger partial charge < -0.3 is 14.7 Å². The van der Waals surface area contributed by atoms with Crippen molar-refractivity contribution in [1.29, 1.82) is 0 Å². The molecule has 0 aromatic carbocycles. The zero-order chi connectivity index (χ0) is 10.3. The summed E-state index contributed by atoms with van der Waals surface area (Å²) >= 11 is 0. The fourth-order valence-electron chi connectivity index (χ4n) is 2.71. The molecule has 2 fully saturated rings. The monoisotopic (exact) mass is 209 g/mol. The van der Waals surface area contributed by atoms with E-state index in [1.54, 1.807) is 0 Å². The SMILES string of the molecule is ON=C1CC=CC(C23COCCC2O3)C1. The number of ether oxygens (including phenoxy) is 2. The van der Waals surface area contributed by atoms with Gasteiger partial charge in [-0.2, -0.15) is 0 Å². The molecular weight excluding hydrogens is 194 g/mol. The van der Waals surface area contributed by atoms with E-state index in [1.165, 1.54) is 0 Å². The van der Waals surface area contributed by atoms with Crippen molar-refractivity contribution < 1.29 is 14.7 Å². The number of epoxide rings is 1. The number of rotatable bonds is 1. The lowest BCUT2D eigenvalue weighted by atomic mass is 9.80. The first-order chi connectivity index (χ1) is 7.35. The molecular formula is C11H15NO3. The topological polar surface area (TPSA) is 54.4 Å². The summed E-state index contributed by atoms with van der Waals surface area (Å²) in [7, 11) is 0. The third kappa shape index (κ3) is 1.40. The van der Waals surface area contributed by atoms with Crippen LogP contribution in [-0.2, 0) is 9.47 Å². The van der Waals surface area contributed by atoms with Crippen LogP contribution in [-0.4, -0.2) is 35.8 Å². The van der Waals surface area contributed by atoms with Gasteiger partial charge in [0.1, 0.15) is 5.60 Å². The molecule has 3 aliphatic rings. The lowest BCUT2D eigenvalue weighted by molar-refractivity contribution is 0.0557. The van der Waals surface area contributed by atoms with Crippen LogP contribution >= 0.6 is 0 Å². The second-order valence-electron chi connectivity index (χ2n) is 4.51. The highest BCUT2D eigenvalue weighted by Gasteiger charge is 2.62. The zero-order valence-corrected chi connectivity index (χ0v) is 8.56. The maximum Gasteiger partial charge on any atom is 0.125 e. The summed E-state index contributed by atoms with van der Waals surface area (Å²) in [5, 5.41) is 12.1. The Morgan fingerprint density at radius 3 is 3.27 bits per heavy atom. The fraction of sp³-hybridized carbons (Fsp3) is 0.727. The van der Waals surface area contributed by atoms with Crippen LogP contribution in [0, 0.1) is 5.92 Å². The molecule has 82 valence electrons. The van der Waals surface area contributed by atoms with E-state index >= 15 is 0 Å². The summed E-state index contributed by atoms with van der Waals surface area (Å²) in [5.74, 6) is 0.322. The molecule has 4 heteroatoms. The normalized spacial score (nSPS) is 46.5. The van der Waals surface area contributed by atoms with E-state index in [4.69, 9.17) is 14.7 Å². The molecule has 1 N–H and O–H groups in total. The summed E-state index contributed by atoms with van der Waals surface area (Å²) in [6, 6.07) is 0. The summed E-state index contributed by atoms with van der Waals surface area (Å²) in [6.07, 6.45) is 7.16. The molecule has 0 aromatic heterocycles. The van der Waals surface area contributed by atoms with Gasteiger partial charge in [0.05, 0.1) is 18.4 Å². The van der Waals surface area contributed by atoms with Crippen molar-refractivity contribution in [2.24, 2.45) is 11.1 Å². The maximum atomic E-state index is 8.79. The molecule has 3 rings (SSSR count). The van der Waals surface area contributed by atoms with E-state index in [9.17, 15) is 0 Å². The Hall–Kier alpha value is -0.870. The Bertz CT molecular complexity index is 326. The van der Waals surface area contributed by atoms with Crippen molar-refractivity contribution >= 4 is 5.71 Å². The molecule has 2 heterocycles. The van der Waals surface area contributed by atoms with Crippen molar-refractivity contribution in [3.63, 3.8) is 0 Å². The molecule has 3 unspecified atom stereocenters. The molecule has 3 atom stereocenters. The van der Waals surface area contributed by atoms with Gasteiger partial charge in [0.25, 0.3) is 0 Å². The Morgan fingerprint density at radius 2 is 2.47 bits per heavy atom. The quantitative estimate of drug-likeness (QED) is 0.307. The highest BCUT2D eigenvalue weighted by Crippen LogP contribution is 2.50. The van der Waals surface area contributed by atoms with E-state index in [1.807, 2.05) is 0 Å². The first kappa shape index (κ1) is 9.36. The molecule has 0 aromatic rings. The largest absolute Gasteiger partial charge is 0.411 e. The second kappa shape index (κ2) is 3.32. The third-order valence-corrected chi connectivity index (χ3v) is 3.65. The molecule has 0 saturated carbocycles. The number of nitrogens with zero attached hydrogens (tertiary/aromatic N) is 1. The van der Waals surface area contributed by atoms with E-state index in [-0.39, 0.29) is 5.60 Å². The summed E-state index contributed by atoms with van der Waals surface area (Å²) in [6.45, 7) is 1.50. The van der Waals surface area contributed by atoms with E-state index in [0.717, 1.165) is 31.6 Å². The van der Waals surface area contributed by atoms with Crippen molar-refractivity contribution in [1.82, 2.24) is 0 Å². The first-order valence-corrected chi connectivity index (χ1v) is 5.47. The molecule has 4 nitrogen and oxygen atoms in total. The van der Waals surface area contributed by atoms with Crippen LogP contribution in [0.25, 0.3) is 0 Å². The van der Waals surface area contributed by atoms with Crippen molar-refractivity contribution in [2.45, 2.75) is 31.0 Å². The molecule has 2 aliphatic heterocycles. The predicted octanol–water partition coefficient (Wildman–Crippen LogP) is 1.34. The van der Waals surface area contributed by atoms with Gasteiger partial charge in [-0.25, -0.2) is 0 Å². The lowest BCUT2D eigenvalue weighted by Gasteiger charge is -2.27. The molecule has 0 amide bonds. The van der Waals surface area contributed by atoms with Crippen molar-refractivity contribution in [2.75, 3.05) is 13.2 Å². The van der Waals surface area contributed by atoms with Crippen LogP contribution in [0.3, 0.4) is 0 Å². The van der Waals surface area contributed by atoms with Gasteiger partial charge in [-0.3, -0.25) is 0 Å². The van der Waals surface area contributed by atoms with Gasteiger partial charge in [-0.15, -0.1) is 0 Å². The van der Waals surface area contributed by atoms with Crippen LogP contribution in [0.2, 0.25) is 0 Å². The molecule has 0 spiro atoms. The number of hydrogen-bond donors (Lipinski definition) is 1. The lowest BCUT2D eigenvalue weighted by Crippen LogP contribution is -2.37. The third-order valence-electron chi connectivity index (χ3n) is 3.65. The Kier molecular flexibility index (Phi) is 2.07. The van der Waals surface area contributed by atoms with E-state index in [2.05, 4.69) is 17.3 Å². The maximum absolute atomic E-state index is 8.79. The molecule has 1 aliphatic carbocycles. The van der Waals surface area contributed by atoms with Gasteiger partial charge in [-0.1, -0.05) is 17.3 Å². The van der Waals surface area contributed by atoms with Crippen LogP contribution < -0.4 is 0 Å². The van der Waals surface area contributed by atoms with Gasteiger partial charge in [0.2, 0.25) is 0 Å². The average Bonchev–Trinajstić information content (AvgIpc) is 3.05. The second-order valence-corrected chi connectivity index (χ2v) is 4.51. The van der Waals surface area contributed by atoms with Crippen molar-refractivity contribution in [3.8, 4) is 0 Å². The summed E-state index contributed by atoms with van der Waals surface area (Å²) < 4.78 is 11.3. The Morgan fingerprint density at radius 1 is 1.53 bits per heavy atom. The minimum atomic E-state index is -0.106. The Balaban J connectivity index is 1.78. The molecule has 2 saturated heterocycles. The Labute approximate surface area is 88.6 Å². The molecule has 0 radical (unpaired) electrons. The van der Waals surface area contributed by atoms with E-state index in [0.29, 0.717) is 18.6 Å². The minimum Gasteiger partial charge on any atom is -0.411 e. The molecule has 0 bridgehead atoms. The number of allylic oxidation sites excluding steroid dienone is 1. The standard InChI is InChI=1S/C11H15NO3/c13-12-9-3-1-2-8(6-9)11-7-14-5-4-10(11)15-11/h1-2,8,10,13H,3-7H2. The minimum absolute atomic E-state index is 0.106.